The van der Waals surface area contributed by atoms with Crippen molar-refractivity contribution in [1.29, 1.82) is 0 Å². The molecule has 2 fully saturated rings. The Hall–Kier alpha value is -3.20. The molecule has 4 rings (SSSR count). The number of hydrogen-bond acceptors (Lipinski definition) is 5. The van der Waals surface area contributed by atoms with Crippen molar-refractivity contribution in [2.45, 2.75) is 51.2 Å². The minimum Gasteiger partial charge on any atom is -0.465 e. The highest BCUT2D eigenvalue weighted by Gasteiger charge is 2.55. The van der Waals surface area contributed by atoms with Gasteiger partial charge in [0.1, 0.15) is 5.82 Å². The van der Waals surface area contributed by atoms with E-state index in [1.807, 2.05) is 0 Å². The normalized spacial score (nSPS) is 21.6. The minimum atomic E-state index is -1.33. The first kappa shape index (κ1) is 23.9. The monoisotopic (exact) mass is 472 g/mol. The molecule has 1 aliphatic carbocycles. The molecule has 9 heteroatoms. The quantitative estimate of drug-likeness (QED) is 0.645. The van der Waals surface area contributed by atoms with Crippen LogP contribution in [0.5, 0.6) is 0 Å². The summed E-state index contributed by atoms with van der Waals surface area (Å²) in [4.78, 5) is 38.8. The van der Waals surface area contributed by atoms with Gasteiger partial charge in [0.15, 0.2) is 0 Å². The van der Waals surface area contributed by atoms with Gasteiger partial charge in [0, 0.05) is 41.9 Å². The van der Waals surface area contributed by atoms with Gasteiger partial charge in [0.2, 0.25) is 0 Å². The van der Waals surface area contributed by atoms with Crippen LogP contribution in [-0.4, -0.2) is 57.0 Å². The summed E-state index contributed by atoms with van der Waals surface area (Å²) in [6, 6.07) is 7.06. The van der Waals surface area contributed by atoms with Crippen LogP contribution in [0.15, 0.2) is 41.3 Å². The van der Waals surface area contributed by atoms with Crippen molar-refractivity contribution in [3.8, 4) is 11.1 Å². The molecule has 182 valence electrons. The molecule has 1 saturated heterocycles. The number of amides is 1. The van der Waals surface area contributed by atoms with Crippen LogP contribution in [-0.2, 0) is 11.3 Å². The van der Waals surface area contributed by atoms with Gasteiger partial charge in [-0.3, -0.25) is 4.79 Å². The highest BCUT2D eigenvalue weighted by atomic mass is 19.1. The third kappa shape index (κ3) is 4.20. The molecule has 1 amide bonds. The van der Waals surface area contributed by atoms with Crippen LogP contribution >= 0.6 is 0 Å². The third-order valence-corrected chi connectivity index (χ3v) is 7.32. The number of nitrogens with zero attached hydrogens (tertiary/aromatic N) is 2. The summed E-state index contributed by atoms with van der Waals surface area (Å²) in [6.45, 7) is 2.02. The fourth-order valence-electron chi connectivity index (χ4n) is 5.51. The number of carbonyl (C=O) groups is 2. The van der Waals surface area contributed by atoms with E-state index in [0.29, 0.717) is 12.8 Å². The molecule has 8 nitrogen and oxygen atoms in total. The van der Waals surface area contributed by atoms with Crippen LogP contribution in [0.1, 0.15) is 49.4 Å². The van der Waals surface area contributed by atoms with E-state index in [0.717, 1.165) is 12.8 Å². The molecule has 1 aromatic carbocycles. The smallest absolute Gasteiger partial charge is 0.407 e. The Labute approximate surface area is 196 Å². The molecule has 1 aliphatic heterocycles. The van der Waals surface area contributed by atoms with Crippen LogP contribution in [0.4, 0.5) is 9.18 Å². The van der Waals surface area contributed by atoms with Gasteiger partial charge >= 0.3 is 12.1 Å². The number of rotatable bonds is 5. The number of ether oxygens (including phenoxy) is 1. The predicted octanol–water partition coefficient (Wildman–Crippen LogP) is 3.51. The van der Waals surface area contributed by atoms with Crippen LogP contribution < -0.4 is 5.56 Å². The van der Waals surface area contributed by atoms with Crippen LogP contribution in [0.2, 0.25) is 0 Å². The summed E-state index contributed by atoms with van der Waals surface area (Å²) in [5.74, 6) is -1.27. The number of aromatic nitrogens is 1. The summed E-state index contributed by atoms with van der Waals surface area (Å²) >= 11 is 0. The zero-order valence-electron chi connectivity index (χ0n) is 19.1. The summed E-state index contributed by atoms with van der Waals surface area (Å²) in [5, 5.41) is 21.3. The van der Waals surface area contributed by atoms with E-state index >= 15 is 0 Å². The number of esters is 1. The number of aliphatic hydroxyl groups is 1. The van der Waals surface area contributed by atoms with E-state index in [9.17, 15) is 29.0 Å². The Bertz CT molecular complexity index is 1160. The SMILES string of the molecule is CCOC(=O)c1cn(C[C@]2(O)CCN(C(=O)O)CC23CCCC3)c(=O)cc1-c1ccccc1F. The Morgan fingerprint density at radius 3 is 2.50 bits per heavy atom. The predicted molar refractivity (Wildman–Crippen MR) is 122 cm³/mol. The molecule has 0 radical (unpaired) electrons. The standard InChI is InChI=1S/C25H29FN2O6/c1-2-34-22(30)19-14-28(21(29)13-18(19)17-7-3-4-8-20(17)26)16-25(33)11-12-27(23(31)32)15-24(25)9-5-6-10-24/h3-4,7-8,13-14,33H,2,5-6,9-12,15-16H2,1H3,(H,31,32)/t25-/m1/s1. The van der Waals surface area contributed by atoms with E-state index in [1.54, 1.807) is 13.0 Å². The van der Waals surface area contributed by atoms with Crippen molar-refractivity contribution in [3.05, 3.63) is 58.3 Å². The molecule has 1 atom stereocenters. The van der Waals surface area contributed by atoms with Crippen molar-refractivity contribution >= 4 is 12.1 Å². The number of hydrogen-bond donors (Lipinski definition) is 2. The topological polar surface area (TPSA) is 109 Å². The summed E-state index contributed by atoms with van der Waals surface area (Å²) in [6.07, 6.45) is 3.52. The maximum atomic E-state index is 14.5. The molecule has 2 heterocycles. The number of halogens is 1. The molecule has 2 aliphatic rings. The van der Waals surface area contributed by atoms with Crippen molar-refractivity contribution in [1.82, 2.24) is 9.47 Å². The van der Waals surface area contributed by atoms with Gasteiger partial charge < -0.3 is 24.4 Å². The van der Waals surface area contributed by atoms with Gasteiger partial charge in [-0.05, 0) is 32.3 Å². The van der Waals surface area contributed by atoms with Crippen molar-refractivity contribution in [2.75, 3.05) is 19.7 Å². The summed E-state index contributed by atoms with van der Waals surface area (Å²) in [5.41, 5.74) is -2.23. The lowest BCUT2D eigenvalue weighted by atomic mass is 9.66. The average Bonchev–Trinajstić information content (AvgIpc) is 3.27. The largest absolute Gasteiger partial charge is 0.465 e. The lowest BCUT2D eigenvalue weighted by Crippen LogP contribution is -2.62. The molecule has 0 bridgehead atoms. The van der Waals surface area contributed by atoms with Crippen LogP contribution in [0.3, 0.4) is 0 Å². The fraction of sp³-hybridized carbons (Fsp3) is 0.480. The van der Waals surface area contributed by atoms with Gasteiger partial charge in [-0.25, -0.2) is 14.0 Å². The van der Waals surface area contributed by atoms with E-state index in [2.05, 4.69) is 0 Å². The first-order chi connectivity index (χ1) is 16.2. The summed E-state index contributed by atoms with van der Waals surface area (Å²) < 4.78 is 21.0. The second-order valence-electron chi connectivity index (χ2n) is 9.24. The molecule has 2 aromatic rings. The second-order valence-corrected chi connectivity index (χ2v) is 9.24. The van der Waals surface area contributed by atoms with Crippen LogP contribution in [0, 0.1) is 11.2 Å². The number of likely N-dealkylation sites (tertiary alicyclic amines) is 1. The fourth-order valence-corrected chi connectivity index (χ4v) is 5.51. The number of pyridine rings is 1. The van der Waals surface area contributed by atoms with Crippen LogP contribution in [0.25, 0.3) is 11.1 Å². The number of carbonyl (C=O) groups excluding carboxylic acids is 1. The number of carboxylic acid groups (broad SMARTS) is 1. The first-order valence-electron chi connectivity index (χ1n) is 11.6. The van der Waals surface area contributed by atoms with E-state index in [4.69, 9.17) is 4.74 Å². The van der Waals surface area contributed by atoms with E-state index in [1.165, 1.54) is 39.9 Å². The minimum absolute atomic E-state index is 0.0265. The van der Waals surface area contributed by atoms with Gasteiger partial charge in [0.25, 0.3) is 5.56 Å². The molecule has 0 unspecified atom stereocenters. The van der Waals surface area contributed by atoms with Crippen molar-refractivity contribution in [3.63, 3.8) is 0 Å². The summed E-state index contributed by atoms with van der Waals surface area (Å²) in [7, 11) is 0. The zero-order valence-corrected chi connectivity index (χ0v) is 19.1. The molecule has 34 heavy (non-hydrogen) atoms. The zero-order chi connectivity index (χ0) is 24.5. The molecule has 1 saturated carbocycles. The van der Waals surface area contributed by atoms with Gasteiger partial charge in [-0.2, -0.15) is 0 Å². The van der Waals surface area contributed by atoms with Crippen molar-refractivity contribution in [2.24, 2.45) is 5.41 Å². The van der Waals surface area contributed by atoms with E-state index in [-0.39, 0.29) is 49.4 Å². The lowest BCUT2D eigenvalue weighted by Gasteiger charge is -2.51. The Morgan fingerprint density at radius 2 is 1.85 bits per heavy atom. The highest BCUT2D eigenvalue weighted by molar-refractivity contribution is 5.97. The van der Waals surface area contributed by atoms with Gasteiger partial charge in [-0.1, -0.05) is 31.0 Å². The highest BCUT2D eigenvalue weighted by Crippen LogP contribution is 2.51. The lowest BCUT2D eigenvalue weighted by molar-refractivity contribution is -0.137. The maximum absolute atomic E-state index is 14.5. The van der Waals surface area contributed by atoms with Gasteiger partial charge in [0.05, 0.1) is 24.3 Å². The van der Waals surface area contributed by atoms with E-state index < -0.39 is 34.5 Å². The molecule has 1 spiro atoms. The number of piperidine rings is 1. The first-order valence-corrected chi connectivity index (χ1v) is 11.6. The average molecular weight is 473 g/mol. The number of benzene rings is 1. The molecular formula is C25H29FN2O6. The Morgan fingerprint density at radius 1 is 1.15 bits per heavy atom. The molecule has 2 N–H and O–H groups in total. The van der Waals surface area contributed by atoms with Crippen molar-refractivity contribution < 1.29 is 28.9 Å². The molecule has 1 aromatic heterocycles. The molecular weight excluding hydrogens is 443 g/mol. The second kappa shape index (κ2) is 9.21. The Balaban J connectivity index is 1.77. The maximum Gasteiger partial charge on any atom is 0.407 e. The third-order valence-electron chi connectivity index (χ3n) is 7.32. The Kier molecular flexibility index (Phi) is 6.49. The van der Waals surface area contributed by atoms with Gasteiger partial charge in [-0.15, -0.1) is 0 Å².